The van der Waals surface area contributed by atoms with Crippen molar-refractivity contribution in [3.8, 4) is 0 Å². The molecule has 794 valence electrons. The number of amides is 15. The fourth-order valence-corrected chi connectivity index (χ4v) is 14.5. The van der Waals surface area contributed by atoms with E-state index in [0.29, 0.717) is 18.4 Å². The van der Waals surface area contributed by atoms with Crippen LogP contribution in [-0.4, -0.2) is 297 Å². The Balaban J connectivity index is 0.000000960. The molecule has 15 amide bonds. The molecule has 46 nitrogen and oxygen atoms in total. The van der Waals surface area contributed by atoms with Gasteiger partial charge >= 0.3 is 41.9 Å². The number of rotatable bonds is 56. The number of carboxylic acids is 2. The Hall–Kier alpha value is -13.3. The van der Waals surface area contributed by atoms with Crippen molar-refractivity contribution in [3.63, 3.8) is 0 Å². The standard InChI is InChI=1S/C50H83N7O15.C46H66N8O16/c1-17-19-32(41(62)46(67)51-26-38(61)69-24-18-2)53-44(65)35-25-31(70-48(8,9)10)27-57(35)47(68)40(29(5)6)56-45(66)39(28(3)4)55-43(64)34(21-23-37(60)72-50(14,15)16)54-42(63)33(52-30(7)58)20-22-36(59)71-49(11,12)13;1-8-13-30(39(61)44(66)47-22-36(60)69-20-9-2)50-42(64)33-21-29(49-46(68)70-24-28-14-11-10-12-15-28)23-54(33)45(67)38(26(5)6)53-43(65)37(25(3)4)52-41(63)32(17-19-35(58)59)51-40(62)31(48-27(7)55)16-18-34(56)57/h18,28-29,31-35,39-40H,2,17,19-27H2,1,3-16H3,(H,51,67)(H,52,58)(H,53,65)(H,54,63)(H,55,64)(H,56,66);9-12,14-15,25-26,29-33,37-38H,2,8,13,16-24H2,1,3-7H3,(H,47,66)(H,48,55)(H,49,68)(H,50,64)(H,51,62)(H,52,63)(H,53,65)(H,56,57)(H,58,59)/t31-,32?,33?,34?,35+,39?,40?;29-,30?,31?,32?,33+,37?,38?/m11/s1. The number of esters is 4. The van der Waals surface area contributed by atoms with Gasteiger partial charge in [0.05, 0.1) is 29.8 Å². The molecule has 0 aliphatic carbocycles. The SMILES string of the molecule is C=CCOC(=O)CNC(=O)C(=O)C(CCC)NC(=O)[C@@H]1C[C@@H](NC(=O)OCc2ccccc2)CN1C(=O)C(NC(=O)C(NC(=O)C(CCC(=O)O)NC(=O)C(CCC(=O)O)NC(C)=O)C(C)C)C(C)C.C=CCOC(=O)CNC(=O)C(=O)C(CCC)NC(=O)[C@@H]1C[C@@H](OC(C)(C)C)CN1C(=O)C(NC(=O)C(NC(=O)C(CCC(=O)OC(C)(C)C)NC(=O)C(CCC(=O)OC(C)(C)C)NC(C)=O)C(C)C)C(C)C. The van der Waals surface area contributed by atoms with Crippen LogP contribution in [-0.2, 0) is 141 Å². The highest BCUT2D eigenvalue weighted by Gasteiger charge is 2.49. The predicted molar refractivity (Wildman–Crippen MR) is 510 cm³/mol. The van der Waals surface area contributed by atoms with Crippen LogP contribution in [0.5, 0.6) is 0 Å². The first kappa shape index (κ1) is 125. The molecule has 2 saturated heterocycles. The zero-order valence-corrected chi connectivity index (χ0v) is 85.3. The van der Waals surface area contributed by atoms with Crippen LogP contribution < -0.4 is 69.1 Å². The average molecular weight is 2010 g/mol. The fraction of sp³-hybridized carbons (Fsp3) is 0.656. The van der Waals surface area contributed by atoms with Gasteiger partial charge in [-0.2, -0.15) is 0 Å². The third-order valence-electron chi connectivity index (χ3n) is 21.2. The summed E-state index contributed by atoms with van der Waals surface area (Å²) in [6.07, 6.45) is -1.55. The van der Waals surface area contributed by atoms with Gasteiger partial charge in [-0.15, -0.1) is 0 Å². The number of aliphatic carboxylic acids is 2. The molecular weight excluding hydrogens is 1860 g/mol. The molecule has 2 heterocycles. The molecule has 2 fully saturated rings. The predicted octanol–water partition coefficient (Wildman–Crippen LogP) is 1.57. The Morgan fingerprint density at radius 1 is 0.408 bits per heavy atom. The highest BCUT2D eigenvalue weighted by atomic mass is 16.6. The van der Waals surface area contributed by atoms with Crippen LogP contribution in [0.3, 0.4) is 0 Å². The highest BCUT2D eigenvalue weighted by molar-refractivity contribution is 6.39. The van der Waals surface area contributed by atoms with Gasteiger partial charge in [-0.3, -0.25) is 105 Å². The lowest BCUT2D eigenvalue weighted by atomic mass is 9.98. The molecular formula is C96H149N15O31. The Bertz CT molecular complexity index is 4580. The molecule has 1 aromatic rings. The van der Waals surface area contributed by atoms with E-state index in [-0.39, 0.29) is 90.7 Å². The zero-order chi connectivity index (χ0) is 108. The third-order valence-corrected chi connectivity index (χ3v) is 21.2. The minimum atomic E-state index is -1.60. The molecule has 0 spiro atoms. The van der Waals surface area contributed by atoms with Gasteiger partial charge in [-0.1, -0.05) is 138 Å². The second kappa shape index (κ2) is 60.7. The summed E-state index contributed by atoms with van der Waals surface area (Å²) >= 11 is 0. The van der Waals surface area contributed by atoms with Crippen LogP contribution in [0.15, 0.2) is 55.6 Å². The summed E-state index contributed by atoms with van der Waals surface area (Å²) in [6.45, 7) is 38.8. The number of carbonyl (C=O) groups is 23. The summed E-state index contributed by atoms with van der Waals surface area (Å²) in [6, 6.07) is -8.77. The molecule has 2 aliphatic heterocycles. The maximum Gasteiger partial charge on any atom is 0.407 e. The fourth-order valence-electron chi connectivity index (χ4n) is 14.5. The maximum atomic E-state index is 14.7. The Morgan fingerprint density at radius 2 is 0.754 bits per heavy atom. The van der Waals surface area contributed by atoms with E-state index >= 15 is 0 Å². The lowest BCUT2D eigenvalue weighted by molar-refractivity contribution is -0.156. The average Bonchev–Trinajstić information content (AvgIpc) is 1.67. The van der Waals surface area contributed by atoms with Crippen molar-refractivity contribution in [1.29, 1.82) is 0 Å². The van der Waals surface area contributed by atoms with Crippen molar-refractivity contribution in [1.82, 2.24) is 78.9 Å². The first-order chi connectivity index (χ1) is 66.1. The van der Waals surface area contributed by atoms with Crippen LogP contribution in [0, 0.1) is 23.7 Å². The molecule has 142 heavy (non-hydrogen) atoms. The van der Waals surface area contributed by atoms with E-state index in [9.17, 15) is 115 Å². The molecule has 14 atom stereocenters. The second-order valence-electron chi connectivity index (χ2n) is 38.6. The molecule has 15 N–H and O–H groups in total. The number of carbonyl (C=O) groups excluding carboxylic acids is 21. The molecule has 0 bridgehead atoms. The van der Waals surface area contributed by atoms with Crippen LogP contribution in [0.25, 0.3) is 0 Å². The molecule has 46 heteroatoms. The Morgan fingerprint density at radius 3 is 1.09 bits per heavy atom. The van der Waals surface area contributed by atoms with Crippen molar-refractivity contribution in [3.05, 3.63) is 61.2 Å². The summed E-state index contributed by atoms with van der Waals surface area (Å²) < 4.78 is 32.0. The van der Waals surface area contributed by atoms with Crippen LogP contribution in [0.4, 0.5) is 4.79 Å². The lowest BCUT2D eigenvalue weighted by Gasteiger charge is -2.33. The minimum Gasteiger partial charge on any atom is -0.481 e. The molecule has 0 aromatic heterocycles. The van der Waals surface area contributed by atoms with Crippen LogP contribution in [0.2, 0.25) is 0 Å². The summed E-state index contributed by atoms with van der Waals surface area (Å²) in [4.78, 5) is 305. The zero-order valence-electron chi connectivity index (χ0n) is 85.3. The van der Waals surface area contributed by atoms with E-state index in [1.807, 2.05) is 0 Å². The van der Waals surface area contributed by atoms with Crippen molar-refractivity contribution in [2.75, 3.05) is 39.4 Å². The van der Waals surface area contributed by atoms with Gasteiger partial charge in [0.15, 0.2) is 0 Å². The number of alkyl carbamates (subject to hydrolysis) is 1. The number of hydrogen-bond donors (Lipinski definition) is 15. The van der Waals surface area contributed by atoms with Crippen molar-refractivity contribution >= 4 is 136 Å². The van der Waals surface area contributed by atoms with Crippen molar-refractivity contribution in [2.24, 2.45) is 23.7 Å². The summed E-state index contributed by atoms with van der Waals surface area (Å²) in [5, 5.41) is 50.9. The van der Waals surface area contributed by atoms with Gasteiger partial charge in [-0.25, -0.2) is 4.79 Å². The van der Waals surface area contributed by atoms with E-state index in [1.54, 1.807) is 162 Å². The Labute approximate surface area is 828 Å². The van der Waals surface area contributed by atoms with Crippen LogP contribution >= 0.6 is 0 Å². The number of hydrogen-bond acceptors (Lipinski definition) is 29. The number of nitrogens with one attached hydrogen (secondary N) is 13. The summed E-state index contributed by atoms with van der Waals surface area (Å²) in [5.74, 6) is -22.5. The molecule has 10 unspecified atom stereocenters. The number of ketones is 2. The van der Waals surface area contributed by atoms with E-state index in [0.717, 1.165) is 11.8 Å². The molecule has 1 aromatic carbocycles. The van der Waals surface area contributed by atoms with Gasteiger partial charge in [0.25, 0.3) is 11.8 Å². The normalized spacial score (nSPS) is 16.6. The number of nitrogens with zero attached hydrogens (tertiary/aromatic N) is 2. The monoisotopic (exact) mass is 2010 g/mol. The number of benzene rings is 1. The summed E-state index contributed by atoms with van der Waals surface area (Å²) in [5.41, 5.74) is -1.72. The van der Waals surface area contributed by atoms with Gasteiger partial charge in [0, 0.05) is 59.0 Å². The topological polar surface area (TPSA) is 651 Å². The Kier molecular flexibility index (Phi) is 53.3. The first-order valence-electron chi connectivity index (χ1n) is 47.4. The van der Waals surface area contributed by atoms with Gasteiger partial charge in [-0.05, 0) is 136 Å². The smallest absolute Gasteiger partial charge is 0.407 e. The maximum absolute atomic E-state index is 14.7. The summed E-state index contributed by atoms with van der Waals surface area (Å²) in [7, 11) is 0. The van der Waals surface area contributed by atoms with Gasteiger partial charge in [0.1, 0.15) is 105 Å². The van der Waals surface area contributed by atoms with Crippen LogP contribution in [0.1, 0.15) is 241 Å². The highest BCUT2D eigenvalue weighted by Crippen LogP contribution is 2.29. The number of likely N-dealkylation sites (tertiary alicyclic amines) is 2. The number of ether oxygens (including phenoxy) is 6. The van der Waals surface area contributed by atoms with E-state index in [2.05, 4.69) is 82.3 Å². The number of Topliss-reactive ketones (excluding diaryl/α,β-unsaturated/α-hetero) is 2. The largest absolute Gasteiger partial charge is 0.481 e. The molecule has 3 rings (SSSR count). The molecule has 2 aliphatic rings. The first-order valence-corrected chi connectivity index (χ1v) is 47.4. The second-order valence-corrected chi connectivity index (χ2v) is 38.6. The van der Waals surface area contributed by atoms with E-state index in [1.165, 1.54) is 24.0 Å². The third kappa shape index (κ3) is 46.8. The van der Waals surface area contributed by atoms with E-state index in [4.69, 9.17) is 33.5 Å². The number of carboxylic acid groups (broad SMARTS) is 2. The minimum absolute atomic E-state index is 0.00708. The van der Waals surface area contributed by atoms with Gasteiger partial charge in [0.2, 0.25) is 82.5 Å². The quantitative estimate of drug-likeness (QED) is 0.0190. The van der Waals surface area contributed by atoms with Crippen molar-refractivity contribution < 1.29 is 149 Å². The van der Waals surface area contributed by atoms with Crippen molar-refractivity contribution in [2.45, 2.75) is 343 Å². The van der Waals surface area contributed by atoms with Gasteiger partial charge < -0.3 is 118 Å². The molecule has 0 saturated carbocycles. The molecule has 0 radical (unpaired) electrons. The lowest BCUT2D eigenvalue weighted by Crippen LogP contribution is -2.61. The van der Waals surface area contributed by atoms with E-state index < -0.39 is 294 Å².